The largest absolute Gasteiger partial charge is 0.464 e. The third-order valence-corrected chi connectivity index (χ3v) is 5.85. The highest BCUT2D eigenvalue weighted by molar-refractivity contribution is 5.96. The van der Waals surface area contributed by atoms with Crippen LogP contribution in [0, 0.1) is 0 Å². The minimum absolute atomic E-state index is 0.0632. The summed E-state index contributed by atoms with van der Waals surface area (Å²) in [5.74, 6) is 0.987. The molecule has 0 spiro atoms. The number of likely N-dealkylation sites (tertiary alicyclic amines) is 1. The van der Waals surface area contributed by atoms with Crippen LogP contribution < -0.4 is 5.32 Å². The fourth-order valence-electron chi connectivity index (χ4n) is 4.15. The number of aldehydes is 1. The molecular weight excluding hydrogens is 416 g/mol. The van der Waals surface area contributed by atoms with Gasteiger partial charge in [0.05, 0.1) is 12.0 Å². The van der Waals surface area contributed by atoms with Crippen molar-refractivity contribution in [1.82, 2.24) is 20.1 Å². The second kappa shape index (κ2) is 10.2. The number of furan rings is 1. The second-order valence-corrected chi connectivity index (χ2v) is 8.24. The van der Waals surface area contributed by atoms with Crippen molar-refractivity contribution in [1.29, 1.82) is 0 Å². The van der Waals surface area contributed by atoms with Crippen LogP contribution in [0.4, 0.5) is 0 Å². The number of amides is 1. The predicted octanol–water partition coefficient (Wildman–Crippen LogP) is 3.85. The number of carbonyl (C=O) groups excluding carboxylic acids is 2. The summed E-state index contributed by atoms with van der Waals surface area (Å²) in [5.41, 5.74) is 3.21. The Morgan fingerprint density at radius 2 is 1.88 bits per heavy atom. The first-order valence-corrected chi connectivity index (χ1v) is 11.0. The number of hydrogen-bond acceptors (Lipinski definition) is 6. The maximum absolute atomic E-state index is 12.8. The maximum Gasteiger partial charge on any atom is 0.251 e. The van der Waals surface area contributed by atoms with Gasteiger partial charge in [0.15, 0.2) is 0 Å². The average Bonchev–Trinajstić information content (AvgIpc) is 3.32. The number of benzene rings is 1. The van der Waals surface area contributed by atoms with Gasteiger partial charge < -0.3 is 19.5 Å². The molecule has 3 heterocycles. The SMILES string of the molecule is CN(C)/C(=C\C=C/C=O)N1CCC(NC(=O)c2ccc(-c3nccc4occc34)cc2)CC1. The van der Waals surface area contributed by atoms with Crippen molar-refractivity contribution >= 4 is 23.2 Å². The number of fused-ring (bicyclic) bond motifs is 1. The van der Waals surface area contributed by atoms with Gasteiger partial charge >= 0.3 is 0 Å². The summed E-state index contributed by atoms with van der Waals surface area (Å²) in [6.07, 6.45) is 11.0. The molecule has 3 aromatic rings. The average molecular weight is 445 g/mol. The molecule has 1 saturated heterocycles. The van der Waals surface area contributed by atoms with Gasteiger partial charge in [-0.05, 0) is 49.3 Å². The van der Waals surface area contributed by atoms with Crippen LogP contribution >= 0.6 is 0 Å². The van der Waals surface area contributed by atoms with Crippen LogP contribution in [0.2, 0.25) is 0 Å². The van der Waals surface area contributed by atoms with Crippen LogP contribution in [0.1, 0.15) is 23.2 Å². The smallest absolute Gasteiger partial charge is 0.251 e. The van der Waals surface area contributed by atoms with E-state index in [1.165, 1.54) is 6.08 Å². The standard InChI is InChI=1S/C26H28N4O3/c1-29(2)24(5-3-4-17-31)30-15-11-21(12-16-30)28-26(32)20-8-6-19(7-9-20)25-22-13-18-33-23(22)10-14-27-25/h3-10,13-14,17-18,21H,11-12,15-16H2,1-2H3,(H,28,32)/b4-3-,24-5+. The van der Waals surface area contributed by atoms with Gasteiger partial charge in [-0.3, -0.25) is 14.6 Å². The lowest BCUT2D eigenvalue weighted by Gasteiger charge is -2.37. The van der Waals surface area contributed by atoms with E-state index in [9.17, 15) is 9.59 Å². The normalized spacial score (nSPS) is 15.2. The molecular formula is C26H28N4O3. The van der Waals surface area contributed by atoms with E-state index in [0.717, 1.165) is 60.3 Å². The summed E-state index contributed by atoms with van der Waals surface area (Å²) in [5, 5.41) is 4.12. The molecule has 2 aromatic heterocycles. The first-order chi connectivity index (χ1) is 16.1. The number of carbonyl (C=O) groups is 2. The lowest BCUT2D eigenvalue weighted by Crippen LogP contribution is -2.45. The van der Waals surface area contributed by atoms with Crippen LogP contribution in [-0.4, -0.2) is 60.2 Å². The Kier molecular flexibility index (Phi) is 6.88. The Bertz CT molecular complexity index is 1170. The summed E-state index contributed by atoms with van der Waals surface area (Å²) in [7, 11) is 3.97. The van der Waals surface area contributed by atoms with E-state index in [1.54, 1.807) is 18.5 Å². The molecule has 7 heteroatoms. The molecule has 0 bridgehead atoms. The van der Waals surface area contributed by atoms with Gasteiger partial charge in [-0.2, -0.15) is 0 Å². The Labute approximate surface area is 193 Å². The maximum atomic E-state index is 12.8. The van der Waals surface area contributed by atoms with Crippen LogP contribution in [0.3, 0.4) is 0 Å². The summed E-state index contributed by atoms with van der Waals surface area (Å²) in [6.45, 7) is 1.67. The van der Waals surface area contributed by atoms with Crippen LogP contribution in [0.5, 0.6) is 0 Å². The minimum Gasteiger partial charge on any atom is -0.464 e. The van der Waals surface area contributed by atoms with Crippen LogP contribution in [0.25, 0.3) is 22.2 Å². The molecule has 4 rings (SSSR count). The van der Waals surface area contributed by atoms with E-state index in [1.807, 2.05) is 61.5 Å². The molecule has 1 fully saturated rings. The quantitative estimate of drug-likeness (QED) is 0.339. The zero-order valence-electron chi connectivity index (χ0n) is 18.9. The molecule has 0 atom stereocenters. The summed E-state index contributed by atoms with van der Waals surface area (Å²) >= 11 is 0. The molecule has 1 N–H and O–H groups in total. The molecule has 7 nitrogen and oxygen atoms in total. The number of piperidine rings is 1. The number of rotatable bonds is 7. The monoisotopic (exact) mass is 444 g/mol. The molecule has 1 aromatic carbocycles. The summed E-state index contributed by atoms with van der Waals surface area (Å²) < 4.78 is 5.46. The fraction of sp³-hybridized carbons (Fsp3) is 0.269. The van der Waals surface area contributed by atoms with Crippen molar-refractivity contribution in [2.45, 2.75) is 18.9 Å². The lowest BCUT2D eigenvalue weighted by molar-refractivity contribution is -0.104. The Hall–Kier alpha value is -3.87. The van der Waals surface area contributed by atoms with E-state index >= 15 is 0 Å². The van der Waals surface area contributed by atoms with Gasteiger partial charge in [0.1, 0.15) is 17.7 Å². The zero-order valence-corrected chi connectivity index (χ0v) is 18.9. The second-order valence-electron chi connectivity index (χ2n) is 8.24. The predicted molar refractivity (Wildman–Crippen MR) is 128 cm³/mol. The van der Waals surface area contributed by atoms with Gasteiger partial charge in [0.25, 0.3) is 5.91 Å². The van der Waals surface area contributed by atoms with E-state index < -0.39 is 0 Å². The number of hydrogen-bond donors (Lipinski definition) is 1. The van der Waals surface area contributed by atoms with Crippen molar-refractivity contribution in [3.8, 4) is 11.3 Å². The first-order valence-electron chi connectivity index (χ1n) is 11.0. The molecule has 1 aliphatic rings. The van der Waals surface area contributed by atoms with E-state index in [4.69, 9.17) is 4.42 Å². The minimum atomic E-state index is -0.0632. The Morgan fingerprint density at radius 3 is 2.58 bits per heavy atom. The highest BCUT2D eigenvalue weighted by atomic mass is 16.3. The number of aromatic nitrogens is 1. The molecule has 0 aliphatic carbocycles. The number of nitrogens with one attached hydrogen (secondary N) is 1. The number of pyridine rings is 1. The summed E-state index contributed by atoms with van der Waals surface area (Å²) in [6, 6.07) is 11.4. The molecule has 170 valence electrons. The number of allylic oxidation sites excluding steroid dienone is 3. The number of nitrogens with zero attached hydrogens (tertiary/aromatic N) is 3. The molecule has 0 unspecified atom stereocenters. The van der Waals surface area contributed by atoms with E-state index in [-0.39, 0.29) is 11.9 Å². The van der Waals surface area contributed by atoms with E-state index in [2.05, 4.69) is 15.2 Å². The third-order valence-electron chi connectivity index (χ3n) is 5.85. The highest BCUT2D eigenvalue weighted by Gasteiger charge is 2.23. The van der Waals surface area contributed by atoms with Crippen molar-refractivity contribution in [3.63, 3.8) is 0 Å². The van der Waals surface area contributed by atoms with Crippen molar-refractivity contribution in [2.75, 3.05) is 27.2 Å². The molecule has 0 saturated carbocycles. The van der Waals surface area contributed by atoms with Gasteiger partial charge in [0.2, 0.25) is 0 Å². The fourth-order valence-corrected chi connectivity index (χ4v) is 4.15. The third kappa shape index (κ3) is 5.14. The van der Waals surface area contributed by atoms with Gasteiger partial charge in [0, 0.05) is 55.9 Å². The van der Waals surface area contributed by atoms with Crippen molar-refractivity contribution in [2.24, 2.45) is 0 Å². The van der Waals surface area contributed by atoms with Gasteiger partial charge in [-0.1, -0.05) is 18.2 Å². The van der Waals surface area contributed by atoms with Crippen LogP contribution in [0.15, 0.2) is 77.3 Å². The van der Waals surface area contributed by atoms with Crippen molar-refractivity contribution < 1.29 is 14.0 Å². The highest BCUT2D eigenvalue weighted by Crippen LogP contribution is 2.27. The van der Waals surface area contributed by atoms with E-state index in [0.29, 0.717) is 5.56 Å². The van der Waals surface area contributed by atoms with Gasteiger partial charge in [-0.25, -0.2) is 0 Å². The molecule has 1 amide bonds. The van der Waals surface area contributed by atoms with Crippen LogP contribution in [-0.2, 0) is 4.79 Å². The Balaban J connectivity index is 1.36. The zero-order chi connectivity index (χ0) is 23.2. The van der Waals surface area contributed by atoms with Gasteiger partial charge in [-0.15, -0.1) is 0 Å². The summed E-state index contributed by atoms with van der Waals surface area (Å²) in [4.78, 5) is 32.1. The molecule has 1 aliphatic heterocycles. The molecule has 33 heavy (non-hydrogen) atoms. The first kappa shape index (κ1) is 22.3. The topological polar surface area (TPSA) is 78.7 Å². The molecule has 0 radical (unpaired) electrons. The Morgan fingerprint density at radius 1 is 1.12 bits per heavy atom. The van der Waals surface area contributed by atoms with Crippen molar-refractivity contribution in [3.05, 3.63) is 78.5 Å². The lowest BCUT2D eigenvalue weighted by atomic mass is 10.0.